The molecule has 1 saturated heterocycles. The van der Waals surface area contributed by atoms with E-state index in [1.807, 2.05) is 48.5 Å². The van der Waals surface area contributed by atoms with Crippen LogP contribution < -0.4 is 10.2 Å². The van der Waals surface area contributed by atoms with E-state index >= 15 is 0 Å². The first kappa shape index (κ1) is 20.2. The number of hydrogen-bond donors (Lipinski definition) is 1. The van der Waals surface area contributed by atoms with E-state index in [0.29, 0.717) is 22.7 Å². The van der Waals surface area contributed by atoms with Crippen LogP contribution in [0.25, 0.3) is 0 Å². The Morgan fingerprint density at radius 2 is 1.52 bits per heavy atom. The van der Waals surface area contributed by atoms with Gasteiger partial charge in [-0.1, -0.05) is 48.5 Å². The largest absolute Gasteiger partial charge is 0.457 e. The van der Waals surface area contributed by atoms with Crippen molar-refractivity contribution < 1.29 is 19.1 Å². The third-order valence-electron chi connectivity index (χ3n) is 4.77. The Kier molecular flexibility index (Phi) is 5.41. The number of ether oxygens (including phenoxy) is 2. The fraction of sp³-hybridized carbons (Fsp3) is 0.125. The average Bonchev–Trinajstić information content (AvgIpc) is 3.00. The number of cyclic esters (lactones) is 1. The zero-order valence-electron chi connectivity index (χ0n) is 17.1. The predicted octanol–water partition coefficient (Wildman–Crippen LogP) is 5.12. The molecule has 1 aliphatic heterocycles. The van der Waals surface area contributed by atoms with Crippen LogP contribution in [0.3, 0.4) is 0 Å². The highest BCUT2D eigenvalue weighted by molar-refractivity contribution is 6.10. The number of nitrogens with one attached hydrogen (secondary N) is 1. The number of benzene rings is 3. The number of rotatable bonds is 5. The summed E-state index contributed by atoms with van der Waals surface area (Å²) in [5.41, 5.74) is 3.02. The summed E-state index contributed by atoms with van der Waals surface area (Å²) in [5, 5.41) is 1.16. The van der Waals surface area contributed by atoms with E-state index in [4.69, 9.17) is 9.47 Å². The lowest BCUT2D eigenvalue weighted by atomic mass is 9.94. The van der Waals surface area contributed by atoms with Crippen LogP contribution in [-0.2, 0) is 15.1 Å². The summed E-state index contributed by atoms with van der Waals surface area (Å²) >= 11 is 0. The first-order valence-electron chi connectivity index (χ1n) is 9.74. The second-order valence-corrected chi connectivity index (χ2v) is 7.11. The van der Waals surface area contributed by atoms with E-state index in [9.17, 15) is 9.59 Å². The standard InChI is InChI=1S/C24H21N3O4/c1-17(28)25-22-24(2,31-23(29)27(22)26-19-9-5-3-6-10-19)18-13-15-21(16-14-18)30-20-11-7-4-8-12-20/h3-16,26H,1-2H3/b25-22+. The lowest BCUT2D eigenvalue weighted by Gasteiger charge is -2.24. The molecule has 2 amide bonds. The topological polar surface area (TPSA) is 80.2 Å². The third-order valence-corrected chi connectivity index (χ3v) is 4.77. The molecule has 4 rings (SSSR count). The molecule has 0 saturated carbocycles. The van der Waals surface area contributed by atoms with E-state index in [-0.39, 0.29) is 5.84 Å². The van der Waals surface area contributed by atoms with Crippen LogP contribution in [0.15, 0.2) is 89.9 Å². The van der Waals surface area contributed by atoms with Crippen molar-refractivity contribution in [1.82, 2.24) is 5.01 Å². The number of para-hydroxylation sites is 2. The molecule has 3 aromatic rings. The van der Waals surface area contributed by atoms with Crippen LogP contribution in [0, 0.1) is 0 Å². The summed E-state index contributed by atoms with van der Waals surface area (Å²) in [4.78, 5) is 28.6. The van der Waals surface area contributed by atoms with Gasteiger partial charge in [-0.15, -0.1) is 0 Å². The number of carbonyl (C=O) groups is 2. The molecule has 1 aliphatic rings. The summed E-state index contributed by atoms with van der Waals surface area (Å²) in [6, 6.07) is 25.7. The highest BCUT2D eigenvalue weighted by atomic mass is 16.6. The number of anilines is 1. The maximum absolute atomic E-state index is 12.7. The molecule has 3 aromatic carbocycles. The highest BCUT2D eigenvalue weighted by Gasteiger charge is 2.50. The van der Waals surface area contributed by atoms with Crippen molar-refractivity contribution in [2.75, 3.05) is 5.43 Å². The van der Waals surface area contributed by atoms with Gasteiger partial charge in [0.1, 0.15) is 11.5 Å². The minimum Gasteiger partial charge on any atom is -0.457 e. The molecule has 31 heavy (non-hydrogen) atoms. The zero-order chi connectivity index (χ0) is 21.8. The number of hydrogen-bond acceptors (Lipinski definition) is 5. The van der Waals surface area contributed by atoms with Crippen molar-refractivity contribution >= 4 is 23.5 Å². The van der Waals surface area contributed by atoms with Gasteiger partial charge in [-0.2, -0.15) is 10.0 Å². The lowest BCUT2D eigenvalue weighted by Crippen LogP contribution is -2.40. The van der Waals surface area contributed by atoms with E-state index in [1.54, 1.807) is 43.3 Å². The van der Waals surface area contributed by atoms with Crippen LogP contribution in [0.5, 0.6) is 11.5 Å². The van der Waals surface area contributed by atoms with Crippen molar-refractivity contribution in [1.29, 1.82) is 0 Å². The Balaban J connectivity index is 1.64. The summed E-state index contributed by atoms with van der Waals surface area (Å²) in [7, 11) is 0. The van der Waals surface area contributed by atoms with Gasteiger partial charge in [-0.3, -0.25) is 10.2 Å². The first-order valence-corrected chi connectivity index (χ1v) is 9.74. The fourth-order valence-electron chi connectivity index (χ4n) is 3.27. The normalized spacial score (nSPS) is 19.2. The van der Waals surface area contributed by atoms with E-state index in [2.05, 4.69) is 10.4 Å². The van der Waals surface area contributed by atoms with Crippen molar-refractivity contribution in [2.45, 2.75) is 19.4 Å². The average molecular weight is 415 g/mol. The maximum atomic E-state index is 12.7. The van der Waals surface area contributed by atoms with Gasteiger partial charge in [-0.05, 0) is 43.3 Å². The molecule has 0 radical (unpaired) electrons. The molecule has 1 N–H and O–H groups in total. The lowest BCUT2D eigenvalue weighted by molar-refractivity contribution is -0.115. The Morgan fingerprint density at radius 3 is 2.13 bits per heavy atom. The quantitative estimate of drug-likeness (QED) is 0.626. The Morgan fingerprint density at radius 1 is 0.935 bits per heavy atom. The molecule has 0 aromatic heterocycles. The summed E-state index contributed by atoms with van der Waals surface area (Å²) in [6.45, 7) is 3.03. The second-order valence-electron chi connectivity index (χ2n) is 7.11. The number of amides is 2. The molecular formula is C24H21N3O4. The number of carbonyl (C=O) groups excluding carboxylic acids is 2. The van der Waals surface area contributed by atoms with Gasteiger partial charge in [0.2, 0.25) is 5.91 Å². The van der Waals surface area contributed by atoms with Gasteiger partial charge in [0.15, 0.2) is 11.4 Å². The fourth-order valence-corrected chi connectivity index (χ4v) is 3.27. The molecule has 1 unspecified atom stereocenters. The monoisotopic (exact) mass is 415 g/mol. The number of hydrazine groups is 1. The van der Waals surface area contributed by atoms with E-state index in [0.717, 1.165) is 5.01 Å². The molecule has 1 atom stereocenters. The highest BCUT2D eigenvalue weighted by Crippen LogP contribution is 2.36. The van der Waals surface area contributed by atoms with Gasteiger partial charge in [-0.25, -0.2) is 4.79 Å². The van der Waals surface area contributed by atoms with Crippen molar-refractivity contribution in [2.24, 2.45) is 4.99 Å². The van der Waals surface area contributed by atoms with Crippen LogP contribution in [0.1, 0.15) is 19.4 Å². The van der Waals surface area contributed by atoms with Gasteiger partial charge < -0.3 is 9.47 Å². The predicted molar refractivity (Wildman–Crippen MR) is 117 cm³/mol. The van der Waals surface area contributed by atoms with E-state index in [1.165, 1.54) is 6.92 Å². The van der Waals surface area contributed by atoms with Crippen LogP contribution in [0.4, 0.5) is 10.5 Å². The number of nitrogens with zero attached hydrogens (tertiary/aromatic N) is 2. The first-order chi connectivity index (χ1) is 15.0. The molecule has 7 nitrogen and oxygen atoms in total. The smallest absolute Gasteiger partial charge is 0.436 e. The zero-order valence-corrected chi connectivity index (χ0v) is 17.1. The van der Waals surface area contributed by atoms with Gasteiger partial charge in [0.05, 0.1) is 5.69 Å². The summed E-state index contributed by atoms with van der Waals surface area (Å²) in [6.07, 6.45) is -0.657. The molecule has 0 aliphatic carbocycles. The summed E-state index contributed by atoms with van der Waals surface area (Å²) in [5.74, 6) is 1.06. The molecule has 7 heteroatoms. The molecule has 1 heterocycles. The number of aliphatic imine (C=N–C) groups is 1. The van der Waals surface area contributed by atoms with Gasteiger partial charge in [0, 0.05) is 12.5 Å². The third kappa shape index (κ3) is 4.25. The van der Waals surface area contributed by atoms with Crippen molar-refractivity contribution in [3.05, 3.63) is 90.5 Å². The Hall–Kier alpha value is -4.13. The SMILES string of the molecule is CC(=O)/N=C1/N(Nc2ccccc2)C(=O)OC1(C)c1ccc(Oc2ccccc2)cc1. The van der Waals surface area contributed by atoms with Crippen molar-refractivity contribution in [3.8, 4) is 11.5 Å². The Labute approximate surface area is 179 Å². The van der Waals surface area contributed by atoms with Crippen LogP contribution in [-0.4, -0.2) is 22.8 Å². The molecule has 1 fully saturated rings. The minimum atomic E-state index is -1.25. The van der Waals surface area contributed by atoms with Gasteiger partial charge in [0.25, 0.3) is 0 Å². The Bertz CT molecular complexity index is 1110. The molecule has 156 valence electrons. The minimum absolute atomic E-state index is 0.158. The van der Waals surface area contributed by atoms with E-state index < -0.39 is 17.6 Å². The van der Waals surface area contributed by atoms with Gasteiger partial charge >= 0.3 is 6.09 Å². The molecule has 0 bridgehead atoms. The number of amidine groups is 1. The van der Waals surface area contributed by atoms with Crippen LogP contribution in [0.2, 0.25) is 0 Å². The maximum Gasteiger partial charge on any atom is 0.436 e. The summed E-state index contributed by atoms with van der Waals surface area (Å²) < 4.78 is 11.5. The molecule has 0 spiro atoms. The van der Waals surface area contributed by atoms with Crippen molar-refractivity contribution in [3.63, 3.8) is 0 Å². The second kappa shape index (κ2) is 8.31. The molecular weight excluding hydrogens is 394 g/mol. The van der Waals surface area contributed by atoms with Crippen LogP contribution >= 0.6 is 0 Å².